The van der Waals surface area contributed by atoms with Crippen LogP contribution in [-0.2, 0) is 10.5 Å². The summed E-state index contributed by atoms with van der Waals surface area (Å²) in [5, 5.41) is 3.90. The van der Waals surface area contributed by atoms with Crippen molar-refractivity contribution in [1.29, 1.82) is 0 Å². The summed E-state index contributed by atoms with van der Waals surface area (Å²) in [5.74, 6) is 2.42. The Morgan fingerprint density at radius 1 is 1.26 bits per heavy atom. The number of hydrogen-bond donors (Lipinski definition) is 1. The highest BCUT2D eigenvalue weighted by atomic mass is 79.9. The third-order valence-electron chi connectivity index (χ3n) is 3.04. The first kappa shape index (κ1) is 17.8. The van der Waals surface area contributed by atoms with Crippen molar-refractivity contribution in [2.75, 3.05) is 5.75 Å². The summed E-state index contributed by atoms with van der Waals surface area (Å²) in [4.78, 5) is 11.7. The van der Waals surface area contributed by atoms with Crippen molar-refractivity contribution in [3.63, 3.8) is 0 Å². The van der Waals surface area contributed by atoms with Crippen LogP contribution < -0.4 is 5.43 Å². The van der Waals surface area contributed by atoms with E-state index in [9.17, 15) is 4.79 Å². The molecule has 4 nitrogen and oxygen atoms in total. The number of amides is 1. The molecule has 23 heavy (non-hydrogen) atoms. The Hall–Kier alpha value is -1.53. The molecule has 0 saturated heterocycles. The molecule has 1 aromatic heterocycles. The zero-order valence-corrected chi connectivity index (χ0v) is 15.8. The summed E-state index contributed by atoms with van der Waals surface area (Å²) in [6.07, 6.45) is 1.49. The molecule has 122 valence electrons. The molecule has 0 aliphatic heterocycles. The van der Waals surface area contributed by atoms with Gasteiger partial charge in [0.2, 0.25) is 5.91 Å². The largest absolute Gasteiger partial charge is 0.459 e. The number of furan rings is 1. The molecule has 1 amide bonds. The van der Waals surface area contributed by atoms with Crippen molar-refractivity contribution in [2.45, 2.75) is 26.5 Å². The fourth-order valence-electron chi connectivity index (χ4n) is 2.16. The average Bonchev–Trinajstić information content (AvgIpc) is 2.76. The van der Waals surface area contributed by atoms with E-state index < -0.39 is 0 Å². The van der Waals surface area contributed by atoms with Crippen LogP contribution in [-0.4, -0.2) is 17.9 Å². The molecule has 0 bridgehead atoms. The number of thioether (sulfide) groups is 1. The van der Waals surface area contributed by atoms with Crippen LogP contribution in [0.1, 0.15) is 28.2 Å². The molecule has 1 heterocycles. The monoisotopic (exact) mass is 394 g/mol. The molecule has 2 rings (SSSR count). The minimum absolute atomic E-state index is 0.127. The highest BCUT2D eigenvalue weighted by Gasteiger charge is 2.04. The lowest BCUT2D eigenvalue weighted by molar-refractivity contribution is -0.118. The molecule has 0 spiro atoms. The minimum atomic E-state index is -0.127. The maximum absolute atomic E-state index is 11.7. The molecule has 0 atom stereocenters. The van der Waals surface area contributed by atoms with Gasteiger partial charge in [0.15, 0.2) is 0 Å². The van der Waals surface area contributed by atoms with E-state index in [4.69, 9.17) is 4.42 Å². The molecule has 0 aliphatic rings. The highest BCUT2D eigenvalue weighted by Crippen LogP contribution is 2.19. The number of aryl methyl sites for hydroxylation is 3. The van der Waals surface area contributed by atoms with Gasteiger partial charge in [0.25, 0.3) is 0 Å². The molecular weight excluding hydrogens is 376 g/mol. The van der Waals surface area contributed by atoms with Gasteiger partial charge in [-0.15, -0.1) is 11.8 Å². The molecular formula is C17H19BrN2O2S. The first-order valence-electron chi connectivity index (χ1n) is 7.17. The van der Waals surface area contributed by atoms with E-state index in [0.717, 1.165) is 16.0 Å². The van der Waals surface area contributed by atoms with E-state index in [1.165, 1.54) is 22.9 Å². The lowest BCUT2D eigenvalue weighted by atomic mass is 10.1. The van der Waals surface area contributed by atoms with Crippen LogP contribution in [0.5, 0.6) is 0 Å². The molecule has 6 heteroatoms. The maximum atomic E-state index is 11.7. The van der Waals surface area contributed by atoms with Gasteiger partial charge in [0, 0.05) is 11.8 Å². The van der Waals surface area contributed by atoms with Crippen molar-refractivity contribution in [3.05, 3.63) is 56.9 Å². The maximum Gasteiger partial charge on any atom is 0.250 e. The van der Waals surface area contributed by atoms with E-state index in [-0.39, 0.29) is 5.91 Å². The van der Waals surface area contributed by atoms with Gasteiger partial charge in [-0.25, -0.2) is 5.43 Å². The number of halogens is 1. The number of carbonyl (C=O) groups excluding carboxylic acids is 1. The van der Waals surface area contributed by atoms with Gasteiger partial charge in [-0.1, -0.05) is 29.3 Å². The van der Waals surface area contributed by atoms with E-state index in [1.54, 1.807) is 17.8 Å². The second kappa shape index (κ2) is 8.36. The minimum Gasteiger partial charge on any atom is -0.459 e. The summed E-state index contributed by atoms with van der Waals surface area (Å²) in [6, 6.07) is 8.24. The number of nitrogens with zero attached hydrogens (tertiary/aromatic N) is 1. The van der Waals surface area contributed by atoms with Gasteiger partial charge >= 0.3 is 0 Å². The average molecular weight is 395 g/mol. The van der Waals surface area contributed by atoms with Crippen molar-refractivity contribution in [1.82, 2.24) is 5.43 Å². The van der Waals surface area contributed by atoms with Gasteiger partial charge in [-0.2, -0.15) is 5.10 Å². The van der Waals surface area contributed by atoms with Gasteiger partial charge in [0.05, 0.1) is 16.4 Å². The van der Waals surface area contributed by atoms with Gasteiger partial charge in [-0.05, 0) is 42.3 Å². The van der Waals surface area contributed by atoms with Crippen molar-refractivity contribution in [2.24, 2.45) is 5.10 Å². The summed E-state index contributed by atoms with van der Waals surface area (Å²) < 4.78 is 6.29. The molecule has 0 saturated carbocycles. The molecule has 1 N–H and O–H groups in total. The lowest BCUT2D eigenvalue weighted by Gasteiger charge is -2.04. The number of benzene rings is 1. The Morgan fingerprint density at radius 3 is 2.57 bits per heavy atom. The molecule has 0 unspecified atom stereocenters. The van der Waals surface area contributed by atoms with Crippen LogP contribution in [0.15, 0.2) is 38.3 Å². The summed E-state index contributed by atoms with van der Waals surface area (Å²) in [7, 11) is 0. The van der Waals surface area contributed by atoms with E-state index in [1.807, 2.05) is 6.92 Å². The first-order valence-corrected chi connectivity index (χ1v) is 9.11. The Balaban J connectivity index is 1.74. The van der Waals surface area contributed by atoms with Crippen LogP contribution in [0.3, 0.4) is 0 Å². The number of nitrogens with one attached hydrogen (secondary N) is 1. The van der Waals surface area contributed by atoms with E-state index >= 15 is 0 Å². The summed E-state index contributed by atoms with van der Waals surface area (Å²) in [6.45, 7) is 6.01. The zero-order valence-electron chi connectivity index (χ0n) is 13.4. The van der Waals surface area contributed by atoms with Gasteiger partial charge in [-0.3, -0.25) is 4.79 Å². The molecule has 0 radical (unpaired) electrons. The SMILES string of the molecule is Cc1cc(C)cc(CSCC(=O)N/N=C/c2cc(Br)c(C)o2)c1. The van der Waals surface area contributed by atoms with Crippen molar-refractivity contribution < 1.29 is 9.21 Å². The molecule has 1 aromatic carbocycles. The van der Waals surface area contributed by atoms with Crippen molar-refractivity contribution in [3.8, 4) is 0 Å². The second-order valence-corrected chi connectivity index (χ2v) is 7.17. The van der Waals surface area contributed by atoms with Gasteiger partial charge in [0.1, 0.15) is 11.5 Å². The number of rotatable bonds is 6. The Bertz CT molecular complexity index is 686. The summed E-state index contributed by atoms with van der Waals surface area (Å²) >= 11 is 4.93. The van der Waals surface area contributed by atoms with E-state index in [0.29, 0.717) is 11.5 Å². The predicted octanol–water partition coefficient (Wildman–Crippen LogP) is 4.35. The predicted molar refractivity (Wildman–Crippen MR) is 99.0 cm³/mol. The third kappa shape index (κ3) is 5.88. The standard InChI is InChI=1S/C17H19BrN2O2S/c1-11-4-12(2)6-14(5-11)9-23-10-17(21)20-19-8-15-7-16(18)13(3)22-15/h4-8H,9-10H2,1-3H3,(H,20,21)/b19-8+. The smallest absolute Gasteiger partial charge is 0.250 e. The molecule has 2 aromatic rings. The first-order chi connectivity index (χ1) is 10.9. The highest BCUT2D eigenvalue weighted by molar-refractivity contribution is 9.10. The van der Waals surface area contributed by atoms with E-state index in [2.05, 4.69) is 58.5 Å². The van der Waals surface area contributed by atoms with Crippen LogP contribution in [0.2, 0.25) is 0 Å². The zero-order chi connectivity index (χ0) is 16.8. The van der Waals surface area contributed by atoms with Crippen LogP contribution >= 0.6 is 27.7 Å². The van der Waals surface area contributed by atoms with Gasteiger partial charge < -0.3 is 4.42 Å². The topological polar surface area (TPSA) is 54.6 Å². The third-order valence-corrected chi connectivity index (χ3v) is 4.83. The van der Waals surface area contributed by atoms with Crippen molar-refractivity contribution >= 4 is 39.8 Å². The van der Waals surface area contributed by atoms with Crippen LogP contribution in [0.25, 0.3) is 0 Å². The lowest BCUT2D eigenvalue weighted by Crippen LogP contribution is -2.19. The Morgan fingerprint density at radius 2 is 1.96 bits per heavy atom. The Labute approximate surface area is 148 Å². The molecule has 0 fully saturated rings. The normalized spacial score (nSPS) is 11.1. The molecule has 0 aliphatic carbocycles. The second-order valence-electron chi connectivity index (χ2n) is 5.33. The number of hydrazone groups is 1. The number of hydrogen-bond acceptors (Lipinski definition) is 4. The fraction of sp³-hybridized carbons (Fsp3) is 0.294. The van der Waals surface area contributed by atoms with Crippen LogP contribution in [0.4, 0.5) is 0 Å². The van der Waals surface area contributed by atoms with Crippen LogP contribution in [0, 0.1) is 20.8 Å². The quantitative estimate of drug-likeness (QED) is 0.585. The number of carbonyl (C=O) groups is 1. The summed E-state index contributed by atoms with van der Waals surface area (Å²) in [5.41, 5.74) is 6.23. The Kier molecular flexibility index (Phi) is 6.47. The fourth-order valence-corrected chi connectivity index (χ4v) is 3.22.